The largest absolute Gasteiger partial charge is 0.472 e. The maximum atomic E-state index is 13.7. The van der Waals surface area contributed by atoms with E-state index in [-0.39, 0.29) is 29.3 Å². The topological polar surface area (TPSA) is 54.5 Å². The number of hydrogen-bond acceptors (Lipinski definition) is 4. The first-order chi connectivity index (χ1) is 13.0. The molecule has 0 bridgehead atoms. The summed E-state index contributed by atoms with van der Waals surface area (Å²) in [6.07, 6.45) is -1.27. The first-order valence-electron chi connectivity index (χ1n) is 8.71. The molecule has 1 aliphatic heterocycles. The van der Waals surface area contributed by atoms with Crippen molar-refractivity contribution in [3.63, 3.8) is 0 Å². The third-order valence-corrected chi connectivity index (χ3v) is 4.32. The van der Waals surface area contributed by atoms with E-state index in [2.05, 4.69) is 10.3 Å². The minimum Gasteiger partial charge on any atom is -0.472 e. The highest BCUT2D eigenvalue weighted by molar-refractivity contribution is 5.92. The second-order valence-electron chi connectivity index (χ2n) is 6.25. The number of carbonyl (C=O) groups is 1. The highest BCUT2D eigenvalue weighted by Crippen LogP contribution is 2.20. The average molecular weight is 379 g/mol. The molecule has 1 aliphatic rings. The lowest BCUT2D eigenvalue weighted by Crippen LogP contribution is -2.42. The number of aromatic nitrogens is 1. The number of alkyl halides is 2. The zero-order chi connectivity index (χ0) is 19.2. The molecular weight excluding hydrogens is 359 g/mol. The van der Waals surface area contributed by atoms with Crippen molar-refractivity contribution in [1.82, 2.24) is 9.88 Å². The van der Waals surface area contributed by atoms with Crippen LogP contribution < -0.4 is 10.1 Å². The number of halogens is 3. The van der Waals surface area contributed by atoms with E-state index in [1.165, 1.54) is 18.2 Å². The number of anilines is 1. The van der Waals surface area contributed by atoms with Gasteiger partial charge in [0.15, 0.2) is 6.61 Å². The van der Waals surface area contributed by atoms with Gasteiger partial charge in [0.05, 0.1) is 5.69 Å². The number of hydrogen-bond donors (Lipinski definition) is 1. The lowest BCUT2D eigenvalue weighted by atomic mass is 10.0. The van der Waals surface area contributed by atoms with Gasteiger partial charge < -0.3 is 15.0 Å². The third-order valence-electron chi connectivity index (χ3n) is 4.32. The Hall–Kier alpha value is -2.77. The van der Waals surface area contributed by atoms with E-state index in [9.17, 15) is 18.0 Å². The lowest BCUT2D eigenvalue weighted by Gasteiger charge is -2.32. The van der Waals surface area contributed by atoms with Crippen LogP contribution in [0.1, 0.15) is 23.3 Å². The maximum Gasteiger partial charge on any atom is 0.272 e. The summed E-state index contributed by atoms with van der Waals surface area (Å²) in [5.41, 5.74) is 0.607. The number of likely N-dealkylation sites (tertiary alicyclic amines) is 1. The predicted octanol–water partition coefficient (Wildman–Crippen LogP) is 3.58. The highest BCUT2D eigenvalue weighted by atomic mass is 19.3. The van der Waals surface area contributed by atoms with Gasteiger partial charge in [-0.2, -0.15) is 0 Å². The monoisotopic (exact) mass is 379 g/mol. The SMILES string of the molecule is O=C(c1cccc(OCC(F)F)n1)N1CCC(Nc2ccccc2F)CC1. The molecule has 144 valence electrons. The van der Waals surface area contributed by atoms with Gasteiger partial charge in [0, 0.05) is 25.2 Å². The Morgan fingerprint density at radius 1 is 1.19 bits per heavy atom. The van der Waals surface area contributed by atoms with Gasteiger partial charge in [0.1, 0.15) is 11.5 Å². The first-order valence-corrected chi connectivity index (χ1v) is 8.71. The number of ether oxygens (including phenoxy) is 1. The summed E-state index contributed by atoms with van der Waals surface area (Å²) < 4.78 is 43.1. The lowest BCUT2D eigenvalue weighted by molar-refractivity contribution is 0.0704. The summed E-state index contributed by atoms with van der Waals surface area (Å²) in [5.74, 6) is -0.583. The summed E-state index contributed by atoms with van der Waals surface area (Å²) in [6, 6.07) is 11.1. The van der Waals surface area contributed by atoms with Crippen molar-refractivity contribution in [1.29, 1.82) is 0 Å². The smallest absolute Gasteiger partial charge is 0.272 e. The van der Waals surface area contributed by atoms with Crippen molar-refractivity contribution < 1.29 is 22.7 Å². The van der Waals surface area contributed by atoms with E-state index in [1.54, 1.807) is 29.2 Å². The van der Waals surface area contributed by atoms with Crippen molar-refractivity contribution in [3.8, 4) is 5.88 Å². The van der Waals surface area contributed by atoms with Crippen molar-refractivity contribution >= 4 is 11.6 Å². The molecule has 8 heteroatoms. The second kappa shape index (κ2) is 8.75. The van der Waals surface area contributed by atoms with E-state index >= 15 is 0 Å². The molecule has 1 fully saturated rings. The highest BCUT2D eigenvalue weighted by Gasteiger charge is 2.25. The molecular formula is C19H20F3N3O2. The Balaban J connectivity index is 1.55. The molecule has 0 spiro atoms. The number of nitrogens with one attached hydrogen (secondary N) is 1. The third kappa shape index (κ3) is 5.12. The molecule has 0 aliphatic carbocycles. The maximum absolute atomic E-state index is 13.7. The van der Waals surface area contributed by atoms with Gasteiger partial charge in [-0.15, -0.1) is 0 Å². The Morgan fingerprint density at radius 2 is 1.93 bits per heavy atom. The Labute approximate surface area is 155 Å². The minimum atomic E-state index is -2.60. The van der Waals surface area contributed by atoms with E-state index in [0.717, 1.165) is 0 Å². The molecule has 0 radical (unpaired) electrons. The summed E-state index contributed by atoms with van der Waals surface area (Å²) in [7, 11) is 0. The molecule has 5 nitrogen and oxygen atoms in total. The summed E-state index contributed by atoms with van der Waals surface area (Å²) in [4.78, 5) is 18.2. The Morgan fingerprint density at radius 3 is 2.63 bits per heavy atom. The molecule has 1 N–H and O–H groups in total. The van der Waals surface area contributed by atoms with Crippen LogP contribution in [-0.2, 0) is 0 Å². The zero-order valence-electron chi connectivity index (χ0n) is 14.6. The summed E-state index contributed by atoms with van der Waals surface area (Å²) >= 11 is 0. The molecule has 0 saturated carbocycles. The van der Waals surface area contributed by atoms with Crippen molar-refractivity contribution in [2.24, 2.45) is 0 Å². The Kier molecular flexibility index (Phi) is 6.16. The van der Waals surface area contributed by atoms with Gasteiger partial charge in [-0.1, -0.05) is 18.2 Å². The molecule has 1 aromatic heterocycles. The van der Waals surface area contributed by atoms with Gasteiger partial charge in [-0.05, 0) is 31.0 Å². The minimum absolute atomic E-state index is 0.00254. The number of piperidine rings is 1. The molecule has 27 heavy (non-hydrogen) atoms. The average Bonchev–Trinajstić information content (AvgIpc) is 2.68. The standard InChI is InChI=1S/C19H20F3N3O2/c20-14-4-1-2-5-15(14)23-13-8-10-25(11-9-13)19(26)16-6-3-7-18(24-16)27-12-17(21)22/h1-7,13,17,23H,8-12H2. The fourth-order valence-electron chi connectivity index (χ4n) is 2.95. The molecule has 1 aromatic carbocycles. The van der Waals surface area contributed by atoms with Crippen molar-refractivity contribution in [2.45, 2.75) is 25.3 Å². The molecule has 3 rings (SSSR count). The van der Waals surface area contributed by atoms with Crippen LogP contribution in [0, 0.1) is 5.82 Å². The van der Waals surface area contributed by atoms with E-state index < -0.39 is 13.0 Å². The van der Waals surface area contributed by atoms with Crippen LogP contribution in [0.2, 0.25) is 0 Å². The van der Waals surface area contributed by atoms with E-state index in [4.69, 9.17) is 4.74 Å². The fourth-order valence-corrected chi connectivity index (χ4v) is 2.95. The molecule has 1 saturated heterocycles. The predicted molar refractivity (Wildman–Crippen MR) is 94.7 cm³/mol. The number of rotatable bonds is 6. The molecule has 0 atom stereocenters. The van der Waals surface area contributed by atoms with E-state index in [1.807, 2.05) is 0 Å². The van der Waals surface area contributed by atoms with Crippen LogP contribution >= 0.6 is 0 Å². The number of pyridine rings is 1. The summed E-state index contributed by atoms with van der Waals surface area (Å²) in [6.45, 7) is 0.223. The first kappa shape index (κ1) is 19.0. The van der Waals surface area contributed by atoms with E-state index in [0.29, 0.717) is 31.6 Å². The van der Waals surface area contributed by atoms with Crippen LogP contribution in [0.4, 0.5) is 18.9 Å². The quantitative estimate of drug-likeness (QED) is 0.834. The van der Waals surface area contributed by atoms with Crippen molar-refractivity contribution in [3.05, 3.63) is 54.0 Å². The van der Waals surface area contributed by atoms with Crippen LogP contribution in [0.15, 0.2) is 42.5 Å². The van der Waals surface area contributed by atoms with Gasteiger partial charge in [0.2, 0.25) is 5.88 Å². The van der Waals surface area contributed by atoms with Gasteiger partial charge in [-0.25, -0.2) is 18.2 Å². The molecule has 2 heterocycles. The zero-order valence-corrected chi connectivity index (χ0v) is 14.6. The number of carbonyl (C=O) groups excluding carboxylic acids is 1. The van der Waals surface area contributed by atoms with Crippen LogP contribution in [0.25, 0.3) is 0 Å². The van der Waals surface area contributed by atoms with Gasteiger partial charge in [-0.3, -0.25) is 4.79 Å². The van der Waals surface area contributed by atoms with Crippen LogP contribution in [-0.4, -0.2) is 48.0 Å². The Bertz CT molecular complexity index is 780. The number of benzene rings is 1. The number of nitrogens with zero attached hydrogens (tertiary/aromatic N) is 2. The molecule has 2 aromatic rings. The normalized spacial score (nSPS) is 15.0. The van der Waals surface area contributed by atoms with Gasteiger partial charge >= 0.3 is 0 Å². The molecule has 1 amide bonds. The van der Waals surface area contributed by atoms with Crippen LogP contribution in [0.5, 0.6) is 5.88 Å². The number of amides is 1. The molecule has 0 unspecified atom stereocenters. The number of para-hydroxylation sites is 1. The van der Waals surface area contributed by atoms with Crippen molar-refractivity contribution in [2.75, 3.05) is 25.0 Å². The fraction of sp³-hybridized carbons (Fsp3) is 0.368. The second-order valence-corrected chi connectivity index (χ2v) is 6.25. The van der Waals surface area contributed by atoms with Gasteiger partial charge in [0.25, 0.3) is 12.3 Å². The van der Waals surface area contributed by atoms with Crippen LogP contribution in [0.3, 0.4) is 0 Å². The summed E-state index contributed by atoms with van der Waals surface area (Å²) in [5, 5.41) is 3.17.